The highest BCUT2D eigenvalue weighted by atomic mass is 35.5. The lowest BCUT2D eigenvalue weighted by molar-refractivity contribution is 0.151. The van der Waals surface area contributed by atoms with E-state index in [1.807, 2.05) is 11.8 Å². The van der Waals surface area contributed by atoms with Gasteiger partial charge in [0.05, 0.1) is 13.2 Å². The summed E-state index contributed by atoms with van der Waals surface area (Å²) in [5.41, 5.74) is 0. The Morgan fingerprint density at radius 3 is 2.85 bits per heavy atom. The minimum atomic E-state index is 0.590. The van der Waals surface area contributed by atoms with Gasteiger partial charge in [0.25, 0.3) is 0 Å². The van der Waals surface area contributed by atoms with Crippen molar-refractivity contribution in [1.82, 2.24) is 5.32 Å². The number of nitrogens with one attached hydrogen (secondary N) is 1. The average molecular weight is 226 g/mol. The zero-order valence-electron chi connectivity index (χ0n) is 8.35. The van der Waals surface area contributed by atoms with Gasteiger partial charge in [-0.3, -0.25) is 0 Å². The first kappa shape index (κ1) is 13.6. The lowest BCUT2D eigenvalue weighted by atomic mass is 10.5. The molecule has 13 heavy (non-hydrogen) atoms. The number of halogens is 1. The Morgan fingerprint density at radius 2 is 2.15 bits per heavy atom. The molecule has 80 valence electrons. The van der Waals surface area contributed by atoms with E-state index in [1.165, 1.54) is 17.9 Å². The fourth-order valence-electron chi connectivity index (χ4n) is 0.870. The Balaban J connectivity index is 2.76. The molecule has 1 N–H and O–H groups in total. The lowest BCUT2D eigenvalue weighted by Crippen LogP contribution is -2.21. The van der Waals surface area contributed by atoms with Gasteiger partial charge >= 0.3 is 0 Å². The summed E-state index contributed by atoms with van der Waals surface area (Å²) in [6, 6.07) is 0. The predicted octanol–water partition coefficient (Wildman–Crippen LogP) is 1.97. The molecule has 0 rings (SSSR count). The van der Waals surface area contributed by atoms with Gasteiger partial charge in [-0.15, -0.1) is 11.6 Å². The second-order valence-corrected chi connectivity index (χ2v) is 4.37. The zero-order valence-corrected chi connectivity index (χ0v) is 9.92. The van der Waals surface area contributed by atoms with Crippen molar-refractivity contribution in [3.8, 4) is 0 Å². The summed E-state index contributed by atoms with van der Waals surface area (Å²) >= 11 is 7.44. The van der Waals surface area contributed by atoms with E-state index in [1.54, 1.807) is 0 Å². The molecule has 4 heteroatoms. The van der Waals surface area contributed by atoms with Crippen LogP contribution in [0.5, 0.6) is 0 Å². The molecule has 0 aromatic heterocycles. The third kappa shape index (κ3) is 12.6. The average Bonchev–Trinajstić information content (AvgIpc) is 2.16. The van der Waals surface area contributed by atoms with E-state index in [0.717, 1.165) is 19.7 Å². The van der Waals surface area contributed by atoms with Crippen LogP contribution in [-0.4, -0.2) is 43.7 Å². The number of ether oxygens (including phenoxy) is 1. The van der Waals surface area contributed by atoms with Crippen LogP contribution in [0.4, 0.5) is 0 Å². The molecule has 0 fully saturated rings. The predicted molar refractivity (Wildman–Crippen MR) is 62.0 cm³/mol. The molecule has 0 radical (unpaired) electrons. The summed E-state index contributed by atoms with van der Waals surface area (Å²) < 4.78 is 5.21. The highest BCUT2D eigenvalue weighted by molar-refractivity contribution is 7.99. The molecule has 0 atom stereocenters. The van der Waals surface area contributed by atoms with E-state index in [9.17, 15) is 0 Å². The van der Waals surface area contributed by atoms with Crippen LogP contribution in [0, 0.1) is 0 Å². The normalized spacial score (nSPS) is 10.6. The van der Waals surface area contributed by atoms with Gasteiger partial charge in [-0.05, 0) is 24.5 Å². The Labute approximate surface area is 90.7 Å². The van der Waals surface area contributed by atoms with Crippen molar-refractivity contribution >= 4 is 23.4 Å². The Morgan fingerprint density at radius 1 is 1.31 bits per heavy atom. The monoisotopic (exact) mass is 225 g/mol. The van der Waals surface area contributed by atoms with E-state index >= 15 is 0 Å². The highest BCUT2D eigenvalue weighted by Gasteiger charge is 1.89. The zero-order chi connectivity index (χ0) is 9.78. The van der Waals surface area contributed by atoms with Crippen LogP contribution in [-0.2, 0) is 4.74 Å². The summed E-state index contributed by atoms with van der Waals surface area (Å²) in [5, 5.41) is 3.32. The fourth-order valence-corrected chi connectivity index (χ4v) is 1.62. The molecule has 0 aliphatic carbocycles. The molecule has 0 spiro atoms. The van der Waals surface area contributed by atoms with Crippen molar-refractivity contribution in [2.24, 2.45) is 0 Å². The second-order valence-electron chi connectivity index (χ2n) is 2.60. The molecule has 0 amide bonds. The number of hydrogen-bond acceptors (Lipinski definition) is 3. The minimum absolute atomic E-state index is 0.590. The number of rotatable bonds is 10. The van der Waals surface area contributed by atoms with E-state index in [4.69, 9.17) is 16.3 Å². The van der Waals surface area contributed by atoms with Crippen LogP contribution in [0.1, 0.15) is 13.3 Å². The van der Waals surface area contributed by atoms with Gasteiger partial charge in [-0.1, -0.05) is 6.92 Å². The van der Waals surface area contributed by atoms with Gasteiger partial charge in [0, 0.05) is 12.4 Å². The van der Waals surface area contributed by atoms with Gasteiger partial charge in [-0.2, -0.15) is 11.8 Å². The SMILES string of the molecule is CCSCCCNCCOCCCl. The van der Waals surface area contributed by atoms with Crippen LogP contribution in [0.15, 0.2) is 0 Å². The van der Waals surface area contributed by atoms with E-state index < -0.39 is 0 Å². The van der Waals surface area contributed by atoms with Crippen LogP contribution in [0.3, 0.4) is 0 Å². The number of alkyl halides is 1. The molecule has 0 bridgehead atoms. The first-order chi connectivity index (χ1) is 6.41. The number of thioether (sulfide) groups is 1. The first-order valence-electron chi connectivity index (χ1n) is 4.84. The molecular weight excluding hydrogens is 206 g/mol. The van der Waals surface area contributed by atoms with Gasteiger partial charge in [-0.25, -0.2) is 0 Å². The van der Waals surface area contributed by atoms with Gasteiger partial charge in [0.2, 0.25) is 0 Å². The van der Waals surface area contributed by atoms with Crippen molar-refractivity contribution < 1.29 is 4.74 Å². The Hall–Kier alpha value is 0.560. The van der Waals surface area contributed by atoms with E-state index in [0.29, 0.717) is 12.5 Å². The molecular formula is C9H20ClNOS. The summed E-state index contributed by atoms with van der Waals surface area (Å²) in [6.07, 6.45) is 1.24. The highest BCUT2D eigenvalue weighted by Crippen LogP contribution is 1.99. The first-order valence-corrected chi connectivity index (χ1v) is 6.53. The van der Waals surface area contributed by atoms with Gasteiger partial charge in [0.1, 0.15) is 0 Å². The number of hydrogen-bond donors (Lipinski definition) is 1. The van der Waals surface area contributed by atoms with Crippen LogP contribution >= 0.6 is 23.4 Å². The molecule has 0 unspecified atom stereocenters. The summed E-state index contributed by atoms with van der Waals surface area (Å²) in [5.74, 6) is 3.07. The van der Waals surface area contributed by atoms with Crippen molar-refractivity contribution in [3.63, 3.8) is 0 Å². The van der Waals surface area contributed by atoms with E-state index in [2.05, 4.69) is 12.2 Å². The third-order valence-electron chi connectivity index (χ3n) is 1.49. The lowest BCUT2D eigenvalue weighted by Gasteiger charge is -2.04. The van der Waals surface area contributed by atoms with Crippen LogP contribution < -0.4 is 5.32 Å². The minimum Gasteiger partial charge on any atom is -0.379 e. The smallest absolute Gasteiger partial charge is 0.0602 e. The molecule has 0 saturated carbocycles. The van der Waals surface area contributed by atoms with Gasteiger partial charge < -0.3 is 10.1 Å². The van der Waals surface area contributed by atoms with Crippen molar-refractivity contribution in [1.29, 1.82) is 0 Å². The van der Waals surface area contributed by atoms with E-state index in [-0.39, 0.29) is 0 Å². The Bertz CT molecular complexity index is 85.7. The summed E-state index contributed by atoms with van der Waals surface area (Å²) in [4.78, 5) is 0. The molecule has 0 aromatic carbocycles. The Kier molecular flexibility index (Phi) is 13.1. The van der Waals surface area contributed by atoms with Crippen molar-refractivity contribution in [3.05, 3.63) is 0 Å². The molecule has 0 heterocycles. The maximum absolute atomic E-state index is 5.45. The largest absolute Gasteiger partial charge is 0.379 e. The maximum Gasteiger partial charge on any atom is 0.0602 e. The fraction of sp³-hybridized carbons (Fsp3) is 1.00. The molecule has 2 nitrogen and oxygen atoms in total. The second kappa shape index (κ2) is 12.6. The maximum atomic E-state index is 5.45. The topological polar surface area (TPSA) is 21.3 Å². The third-order valence-corrected chi connectivity index (χ3v) is 2.63. The van der Waals surface area contributed by atoms with Crippen LogP contribution in [0.2, 0.25) is 0 Å². The summed E-state index contributed by atoms with van der Waals surface area (Å²) in [6.45, 7) is 5.66. The molecule has 0 aliphatic rings. The quantitative estimate of drug-likeness (QED) is 0.454. The van der Waals surface area contributed by atoms with Crippen molar-refractivity contribution in [2.45, 2.75) is 13.3 Å². The van der Waals surface area contributed by atoms with Crippen molar-refractivity contribution in [2.75, 3.05) is 43.7 Å². The molecule has 0 saturated heterocycles. The summed E-state index contributed by atoms with van der Waals surface area (Å²) in [7, 11) is 0. The van der Waals surface area contributed by atoms with Gasteiger partial charge in [0.15, 0.2) is 0 Å². The molecule has 0 aromatic rings. The standard InChI is InChI=1S/C9H20ClNOS/c1-2-13-9-3-5-11-6-8-12-7-4-10/h11H,2-9H2,1H3. The van der Waals surface area contributed by atoms with Crippen LogP contribution in [0.25, 0.3) is 0 Å². The molecule has 0 aliphatic heterocycles.